The van der Waals surface area contributed by atoms with E-state index >= 15 is 0 Å². The van der Waals surface area contributed by atoms with E-state index in [1.54, 1.807) is 38.1 Å². The van der Waals surface area contributed by atoms with Crippen molar-refractivity contribution in [3.05, 3.63) is 105 Å². The summed E-state index contributed by atoms with van der Waals surface area (Å²) in [6.45, 7) is 3.55. The molecule has 240 valence electrons. The molecule has 4 aromatic rings. The van der Waals surface area contributed by atoms with Crippen LogP contribution in [-0.2, 0) is 41.5 Å². The first-order chi connectivity index (χ1) is 21.1. The van der Waals surface area contributed by atoms with Gasteiger partial charge in [0.05, 0.1) is 13.2 Å². The zero-order valence-corrected chi connectivity index (χ0v) is 25.0. The van der Waals surface area contributed by atoms with E-state index in [1.165, 1.54) is 38.5 Å². The highest BCUT2D eigenvalue weighted by molar-refractivity contribution is 5.55. The van der Waals surface area contributed by atoms with Gasteiger partial charge in [0.25, 0.3) is 0 Å². The van der Waals surface area contributed by atoms with E-state index in [2.05, 4.69) is 0 Å². The van der Waals surface area contributed by atoms with Gasteiger partial charge in [-0.25, -0.2) is 0 Å². The van der Waals surface area contributed by atoms with Crippen molar-refractivity contribution < 1.29 is 45.3 Å². The molecule has 0 aliphatic carbocycles. The van der Waals surface area contributed by atoms with E-state index in [1.807, 2.05) is 0 Å². The summed E-state index contributed by atoms with van der Waals surface area (Å²) in [6, 6.07) is 13.8. The first-order valence-corrected chi connectivity index (χ1v) is 13.6. The number of ether oxygens (including phenoxy) is 4. The quantitative estimate of drug-likeness (QED) is 0.134. The number of alkyl halides is 6. The Morgan fingerprint density at radius 1 is 0.578 bits per heavy atom. The third-order valence-electron chi connectivity index (χ3n) is 6.87. The molecule has 0 atom stereocenters. The second-order valence-electron chi connectivity index (χ2n) is 10.6. The lowest BCUT2D eigenvalue weighted by atomic mass is 9.96. The third-order valence-corrected chi connectivity index (χ3v) is 6.87. The number of hydrogen-bond acceptors (Lipinski definition) is 6. The van der Waals surface area contributed by atoms with Crippen LogP contribution in [0.5, 0.6) is 23.0 Å². The van der Waals surface area contributed by atoms with Crippen molar-refractivity contribution in [2.75, 3.05) is 25.7 Å². The van der Waals surface area contributed by atoms with E-state index in [4.69, 9.17) is 30.4 Å². The van der Waals surface area contributed by atoms with Gasteiger partial charge in [0.2, 0.25) is 0 Å². The SMILES string of the molecule is COCc1cc(Cc2cc(C)c(Oc3ccc(N)cc3C(F)(F)F)c(COC)c2)cc(C)c1Oc1ccc(N)cc1C(F)(F)F. The predicted molar refractivity (Wildman–Crippen MR) is 158 cm³/mol. The number of nitrogens with two attached hydrogens (primary N) is 2. The molecule has 4 aromatic carbocycles. The van der Waals surface area contributed by atoms with Crippen molar-refractivity contribution in [2.45, 2.75) is 45.8 Å². The summed E-state index contributed by atoms with van der Waals surface area (Å²) < 4.78 is 105. The van der Waals surface area contributed by atoms with Crippen LogP contribution in [0.3, 0.4) is 0 Å². The molecule has 0 saturated carbocycles. The van der Waals surface area contributed by atoms with Gasteiger partial charge in [0.1, 0.15) is 34.1 Å². The molecule has 0 aliphatic heterocycles. The number of hydrogen-bond donors (Lipinski definition) is 2. The van der Waals surface area contributed by atoms with Crippen molar-refractivity contribution in [1.82, 2.24) is 0 Å². The summed E-state index contributed by atoms with van der Waals surface area (Å²) in [5.41, 5.74) is 12.9. The zero-order chi connectivity index (χ0) is 33.1. The minimum absolute atomic E-state index is 0.0485. The molecule has 0 fully saturated rings. The normalized spacial score (nSPS) is 12.0. The summed E-state index contributed by atoms with van der Waals surface area (Å²) in [7, 11) is 2.92. The topological polar surface area (TPSA) is 89.0 Å². The first kappa shape index (κ1) is 33.5. The number of methoxy groups -OCH3 is 2. The Bertz CT molecular complexity index is 1560. The van der Waals surface area contributed by atoms with Crippen LogP contribution >= 0.6 is 0 Å². The van der Waals surface area contributed by atoms with Crippen LogP contribution in [0.15, 0.2) is 60.7 Å². The average Bonchev–Trinajstić information content (AvgIpc) is 2.93. The van der Waals surface area contributed by atoms with Gasteiger partial charge in [-0.2, -0.15) is 26.3 Å². The Kier molecular flexibility index (Phi) is 9.89. The Morgan fingerprint density at radius 3 is 1.29 bits per heavy atom. The lowest BCUT2D eigenvalue weighted by molar-refractivity contribution is -0.139. The number of halogens is 6. The summed E-state index contributed by atoms with van der Waals surface area (Å²) in [4.78, 5) is 0. The van der Waals surface area contributed by atoms with Crippen molar-refractivity contribution in [2.24, 2.45) is 0 Å². The molecule has 0 aromatic heterocycles. The van der Waals surface area contributed by atoms with Gasteiger partial charge in [-0.15, -0.1) is 0 Å². The molecule has 0 unspecified atom stereocenters. The van der Waals surface area contributed by atoms with Gasteiger partial charge in [-0.3, -0.25) is 0 Å². The van der Waals surface area contributed by atoms with E-state index in [0.29, 0.717) is 28.7 Å². The molecular weight excluding hydrogens is 602 g/mol. The fourth-order valence-corrected chi connectivity index (χ4v) is 5.05. The maximum Gasteiger partial charge on any atom is 0.420 e. The van der Waals surface area contributed by atoms with E-state index in [9.17, 15) is 26.3 Å². The van der Waals surface area contributed by atoms with Crippen LogP contribution in [0.2, 0.25) is 0 Å². The molecule has 0 bridgehead atoms. The highest BCUT2D eigenvalue weighted by Gasteiger charge is 2.36. The molecule has 4 rings (SSSR count). The smallest absolute Gasteiger partial charge is 0.420 e. The maximum atomic E-state index is 13.7. The predicted octanol–water partition coefficient (Wildman–Crippen LogP) is 8.97. The molecule has 0 heterocycles. The number of anilines is 2. The standard InChI is InChI=1S/C33H32F6N2O4/c1-18-9-20(12-22(16-42-3)30(18)44-28-7-5-24(40)14-26(28)32(34,35)36)11-21-10-19(2)31(23(13-21)17-43-4)45-29-8-6-25(41)15-27(29)33(37,38)39/h5-10,12-15H,11,16-17,40-41H2,1-4H3. The molecule has 0 spiro atoms. The number of rotatable bonds is 10. The van der Waals surface area contributed by atoms with Gasteiger partial charge in [-0.05, 0) is 91.1 Å². The van der Waals surface area contributed by atoms with Crippen molar-refractivity contribution >= 4 is 11.4 Å². The largest absolute Gasteiger partial charge is 0.456 e. The summed E-state index contributed by atoms with van der Waals surface area (Å²) >= 11 is 0. The second-order valence-corrected chi connectivity index (χ2v) is 10.6. The van der Waals surface area contributed by atoms with E-state index < -0.39 is 35.0 Å². The first-order valence-electron chi connectivity index (χ1n) is 13.6. The number of benzene rings is 4. The number of aryl methyl sites for hydroxylation is 2. The molecule has 12 heteroatoms. The average molecular weight is 635 g/mol. The summed E-state index contributed by atoms with van der Waals surface area (Å²) in [5, 5.41) is 0. The van der Waals surface area contributed by atoms with Crippen LogP contribution in [0, 0.1) is 13.8 Å². The monoisotopic (exact) mass is 634 g/mol. The molecular formula is C33H32F6N2O4. The van der Waals surface area contributed by atoms with Crippen molar-refractivity contribution in [3.63, 3.8) is 0 Å². The second kappa shape index (κ2) is 13.3. The molecule has 0 saturated heterocycles. The van der Waals surface area contributed by atoms with Gasteiger partial charge in [-0.1, -0.05) is 12.1 Å². The highest BCUT2D eigenvalue weighted by Crippen LogP contribution is 2.43. The zero-order valence-electron chi connectivity index (χ0n) is 25.0. The maximum absolute atomic E-state index is 13.7. The Balaban J connectivity index is 1.69. The fourth-order valence-electron chi connectivity index (χ4n) is 5.05. The molecule has 0 radical (unpaired) electrons. The van der Waals surface area contributed by atoms with Gasteiger partial charge in [0, 0.05) is 36.7 Å². The number of nitrogen functional groups attached to an aromatic ring is 2. The summed E-state index contributed by atoms with van der Waals surface area (Å²) in [6.07, 6.45) is -8.99. The fraction of sp³-hybridized carbons (Fsp3) is 0.273. The van der Waals surface area contributed by atoms with Crippen LogP contribution in [0.1, 0.15) is 44.5 Å². The van der Waals surface area contributed by atoms with E-state index in [0.717, 1.165) is 23.3 Å². The molecule has 0 amide bonds. The van der Waals surface area contributed by atoms with Crippen LogP contribution in [0.25, 0.3) is 0 Å². The van der Waals surface area contributed by atoms with Crippen molar-refractivity contribution in [3.8, 4) is 23.0 Å². The minimum atomic E-state index is -4.68. The Hall–Kier alpha value is -4.42. The Morgan fingerprint density at radius 2 is 0.956 bits per heavy atom. The summed E-state index contributed by atoms with van der Waals surface area (Å²) in [5.74, 6) is -0.343. The van der Waals surface area contributed by atoms with Crippen LogP contribution in [-0.4, -0.2) is 14.2 Å². The minimum Gasteiger partial charge on any atom is -0.456 e. The molecule has 4 N–H and O–H groups in total. The third kappa shape index (κ3) is 8.00. The molecule has 45 heavy (non-hydrogen) atoms. The van der Waals surface area contributed by atoms with Crippen molar-refractivity contribution in [1.29, 1.82) is 0 Å². The van der Waals surface area contributed by atoms with E-state index in [-0.39, 0.29) is 36.1 Å². The lowest BCUT2D eigenvalue weighted by Crippen LogP contribution is -2.09. The highest BCUT2D eigenvalue weighted by atomic mass is 19.4. The Labute approximate surface area is 256 Å². The van der Waals surface area contributed by atoms with Crippen LogP contribution in [0.4, 0.5) is 37.7 Å². The van der Waals surface area contributed by atoms with Crippen LogP contribution < -0.4 is 20.9 Å². The van der Waals surface area contributed by atoms with Gasteiger partial charge in [0.15, 0.2) is 0 Å². The van der Waals surface area contributed by atoms with Gasteiger partial charge < -0.3 is 30.4 Å². The lowest BCUT2D eigenvalue weighted by Gasteiger charge is -2.20. The molecule has 6 nitrogen and oxygen atoms in total. The van der Waals surface area contributed by atoms with Gasteiger partial charge >= 0.3 is 12.4 Å². The molecule has 0 aliphatic rings.